The molecule has 82 valence electrons. The van der Waals surface area contributed by atoms with Crippen molar-refractivity contribution in [2.45, 2.75) is 18.3 Å². The minimum Gasteiger partial charge on any atom is -0.393 e. The van der Waals surface area contributed by atoms with Crippen LogP contribution in [0.3, 0.4) is 0 Å². The topological polar surface area (TPSA) is 78.6 Å². The number of amides is 2. The first-order chi connectivity index (χ1) is 7.05. The van der Waals surface area contributed by atoms with Crippen molar-refractivity contribution in [3.63, 3.8) is 0 Å². The van der Waals surface area contributed by atoms with Crippen LogP contribution in [0.5, 0.6) is 0 Å². The number of halogens is 1. The van der Waals surface area contributed by atoms with E-state index in [0.29, 0.717) is 5.57 Å². The van der Waals surface area contributed by atoms with E-state index in [1.165, 1.54) is 17.3 Å². The Labute approximate surface area is 86.0 Å². The van der Waals surface area contributed by atoms with Crippen LogP contribution in [0, 0.1) is 0 Å². The summed E-state index contributed by atoms with van der Waals surface area (Å²) in [5, 5.41) is 11.2. The summed E-state index contributed by atoms with van der Waals surface area (Å²) in [5.74, 6) is 0. The molecule has 6 heteroatoms. The molecule has 2 unspecified atom stereocenters. The molecule has 0 spiro atoms. The van der Waals surface area contributed by atoms with E-state index in [1.807, 2.05) is 0 Å². The fourth-order valence-corrected chi connectivity index (χ4v) is 1.36. The Kier molecular flexibility index (Phi) is 2.24. The number of hydrogen-bond acceptors (Lipinski definition) is 3. The molecule has 2 aliphatic rings. The predicted molar refractivity (Wildman–Crippen MR) is 51.1 cm³/mol. The number of rotatable bonds is 2. The van der Waals surface area contributed by atoms with Crippen LogP contribution in [0.2, 0.25) is 0 Å². The Hall–Kier alpha value is -1.40. The number of carbonyl (C=O) groups is 1. The molecule has 1 heterocycles. The number of aliphatic hydroxyl groups excluding tert-OH is 1. The predicted octanol–water partition coefficient (Wildman–Crippen LogP) is -0.202. The molecule has 2 atom stereocenters. The number of hydrogen-bond donors (Lipinski definition) is 3. The summed E-state index contributed by atoms with van der Waals surface area (Å²) in [5.41, 5.74) is 4.22. The van der Waals surface area contributed by atoms with Crippen molar-refractivity contribution in [3.8, 4) is 0 Å². The highest BCUT2D eigenvalue weighted by molar-refractivity contribution is 5.78. The molecule has 0 bridgehead atoms. The average molecular weight is 213 g/mol. The van der Waals surface area contributed by atoms with E-state index in [4.69, 9.17) is 10.8 Å². The maximum Gasteiger partial charge on any atom is 0.326 e. The average Bonchev–Trinajstić information content (AvgIpc) is 2.83. The number of aliphatic hydroxyl groups is 1. The molecular weight excluding hydrogens is 201 g/mol. The van der Waals surface area contributed by atoms with Gasteiger partial charge in [-0.05, 0) is 11.6 Å². The van der Waals surface area contributed by atoms with Gasteiger partial charge in [0.2, 0.25) is 0 Å². The Morgan fingerprint density at radius 2 is 2.60 bits per heavy atom. The van der Waals surface area contributed by atoms with Gasteiger partial charge < -0.3 is 16.2 Å². The van der Waals surface area contributed by atoms with Crippen molar-refractivity contribution in [1.82, 2.24) is 10.2 Å². The van der Waals surface area contributed by atoms with Crippen LogP contribution in [-0.4, -0.2) is 34.5 Å². The molecule has 1 aliphatic carbocycles. The highest BCUT2D eigenvalue weighted by Crippen LogP contribution is 2.46. The third-order valence-corrected chi connectivity index (χ3v) is 2.45. The van der Waals surface area contributed by atoms with Crippen molar-refractivity contribution >= 4 is 6.03 Å². The van der Waals surface area contributed by atoms with Crippen LogP contribution < -0.4 is 11.1 Å². The standard InChI is InChI=1S/C9H12FN3O2/c10-9(5-14)3-6(9)4-13-2-1-7(11)12-8(13)15/h1-2,4,7,14H,3,5,11H2,(H,12,15)/b6-4+. The molecule has 0 saturated heterocycles. The minimum atomic E-state index is -1.63. The molecule has 0 aromatic heterocycles. The molecule has 1 saturated carbocycles. The maximum atomic E-state index is 13.3. The SMILES string of the molecule is NC1C=CN(/C=C2\CC2(F)CO)C(=O)N1. The lowest BCUT2D eigenvalue weighted by atomic mass is 10.3. The molecule has 0 aromatic carbocycles. The van der Waals surface area contributed by atoms with Gasteiger partial charge in [-0.2, -0.15) is 0 Å². The van der Waals surface area contributed by atoms with Crippen LogP contribution in [-0.2, 0) is 0 Å². The lowest BCUT2D eigenvalue weighted by molar-refractivity contribution is 0.170. The Morgan fingerprint density at radius 3 is 3.13 bits per heavy atom. The van der Waals surface area contributed by atoms with Crippen LogP contribution in [0.15, 0.2) is 24.0 Å². The number of alkyl halides is 1. The first kappa shape index (κ1) is 10.1. The van der Waals surface area contributed by atoms with E-state index in [-0.39, 0.29) is 6.42 Å². The zero-order valence-electron chi connectivity index (χ0n) is 7.98. The van der Waals surface area contributed by atoms with Crippen LogP contribution in [0.4, 0.5) is 9.18 Å². The molecule has 2 rings (SSSR count). The lowest BCUT2D eigenvalue weighted by Crippen LogP contribution is -2.47. The van der Waals surface area contributed by atoms with Crippen LogP contribution >= 0.6 is 0 Å². The summed E-state index contributed by atoms with van der Waals surface area (Å²) in [4.78, 5) is 12.5. The van der Waals surface area contributed by atoms with Crippen molar-refractivity contribution < 1.29 is 14.3 Å². The van der Waals surface area contributed by atoms with Crippen LogP contribution in [0.1, 0.15) is 6.42 Å². The van der Waals surface area contributed by atoms with Gasteiger partial charge in [0.05, 0.1) is 12.8 Å². The zero-order chi connectivity index (χ0) is 11.1. The molecule has 1 fully saturated rings. The monoisotopic (exact) mass is 213 g/mol. The van der Waals surface area contributed by atoms with Gasteiger partial charge in [-0.1, -0.05) is 0 Å². The van der Waals surface area contributed by atoms with E-state index >= 15 is 0 Å². The smallest absolute Gasteiger partial charge is 0.326 e. The van der Waals surface area contributed by atoms with Gasteiger partial charge in [0, 0.05) is 18.8 Å². The summed E-state index contributed by atoms with van der Waals surface area (Å²) in [7, 11) is 0. The second kappa shape index (κ2) is 3.32. The summed E-state index contributed by atoms with van der Waals surface area (Å²) >= 11 is 0. The molecule has 15 heavy (non-hydrogen) atoms. The molecule has 0 radical (unpaired) electrons. The van der Waals surface area contributed by atoms with Crippen molar-refractivity contribution in [3.05, 3.63) is 24.0 Å². The normalized spacial score (nSPS) is 37.0. The summed E-state index contributed by atoms with van der Waals surface area (Å²) in [6.45, 7) is -0.544. The largest absolute Gasteiger partial charge is 0.393 e. The number of nitrogens with zero attached hydrogens (tertiary/aromatic N) is 1. The summed E-state index contributed by atoms with van der Waals surface area (Å²) in [6, 6.07) is -0.398. The Bertz CT molecular complexity index is 355. The van der Waals surface area contributed by atoms with Gasteiger partial charge in [-0.15, -0.1) is 0 Å². The summed E-state index contributed by atoms with van der Waals surface area (Å²) < 4.78 is 13.3. The fraction of sp³-hybridized carbons (Fsp3) is 0.444. The molecule has 1 aliphatic heterocycles. The number of urea groups is 1. The number of nitrogens with two attached hydrogens (primary N) is 1. The van der Waals surface area contributed by atoms with E-state index in [9.17, 15) is 9.18 Å². The third kappa shape index (κ3) is 1.86. The zero-order valence-corrected chi connectivity index (χ0v) is 7.98. The van der Waals surface area contributed by atoms with E-state index < -0.39 is 24.5 Å². The molecule has 4 N–H and O–H groups in total. The quantitative estimate of drug-likeness (QED) is 0.594. The maximum absolute atomic E-state index is 13.3. The van der Waals surface area contributed by atoms with Crippen molar-refractivity contribution in [2.75, 3.05) is 6.61 Å². The van der Waals surface area contributed by atoms with Gasteiger partial charge in [-0.3, -0.25) is 4.90 Å². The van der Waals surface area contributed by atoms with Gasteiger partial charge in [0.15, 0.2) is 5.67 Å². The third-order valence-electron chi connectivity index (χ3n) is 2.45. The van der Waals surface area contributed by atoms with Crippen LogP contribution in [0.25, 0.3) is 0 Å². The number of nitrogens with one attached hydrogen (secondary N) is 1. The van der Waals surface area contributed by atoms with Crippen molar-refractivity contribution in [1.29, 1.82) is 0 Å². The molecular formula is C9H12FN3O2. The first-order valence-corrected chi connectivity index (χ1v) is 4.59. The van der Waals surface area contributed by atoms with Gasteiger partial charge in [0.25, 0.3) is 0 Å². The minimum absolute atomic E-state index is 0.174. The van der Waals surface area contributed by atoms with Gasteiger partial charge in [-0.25, -0.2) is 9.18 Å². The number of carbonyl (C=O) groups excluding carboxylic acids is 1. The van der Waals surface area contributed by atoms with E-state index in [2.05, 4.69) is 5.32 Å². The molecule has 0 aromatic rings. The Balaban J connectivity index is 2.08. The lowest BCUT2D eigenvalue weighted by Gasteiger charge is -2.22. The second-order valence-corrected chi connectivity index (χ2v) is 3.68. The molecule has 5 nitrogen and oxygen atoms in total. The highest BCUT2D eigenvalue weighted by atomic mass is 19.1. The Morgan fingerprint density at radius 1 is 1.87 bits per heavy atom. The second-order valence-electron chi connectivity index (χ2n) is 3.68. The first-order valence-electron chi connectivity index (χ1n) is 4.59. The van der Waals surface area contributed by atoms with Gasteiger partial charge in [0.1, 0.15) is 0 Å². The van der Waals surface area contributed by atoms with Crippen molar-refractivity contribution in [2.24, 2.45) is 5.73 Å². The van der Waals surface area contributed by atoms with E-state index in [0.717, 1.165) is 0 Å². The summed E-state index contributed by atoms with van der Waals surface area (Å²) in [6.07, 6.45) is 4.12. The fourth-order valence-electron chi connectivity index (χ4n) is 1.36. The highest BCUT2D eigenvalue weighted by Gasteiger charge is 2.50. The van der Waals surface area contributed by atoms with E-state index in [1.54, 1.807) is 6.08 Å². The molecule has 2 amide bonds. The van der Waals surface area contributed by atoms with Gasteiger partial charge >= 0.3 is 6.03 Å².